The van der Waals surface area contributed by atoms with Crippen molar-refractivity contribution < 1.29 is 18.0 Å². The second kappa shape index (κ2) is 7.89. The van der Waals surface area contributed by atoms with Gasteiger partial charge in [0.1, 0.15) is 12.4 Å². The highest BCUT2D eigenvalue weighted by molar-refractivity contribution is 7.99. The van der Waals surface area contributed by atoms with E-state index in [0.29, 0.717) is 34.4 Å². The van der Waals surface area contributed by atoms with E-state index in [4.69, 9.17) is 0 Å². The van der Waals surface area contributed by atoms with Crippen LogP contribution in [0.25, 0.3) is 0 Å². The fourth-order valence-electron chi connectivity index (χ4n) is 2.71. The van der Waals surface area contributed by atoms with Crippen LogP contribution in [0.2, 0.25) is 0 Å². The van der Waals surface area contributed by atoms with Gasteiger partial charge in [0.15, 0.2) is 5.78 Å². The number of rotatable bonds is 7. The molecule has 3 rings (SSSR count). The first-order valence-corrected chi connectivity index (χ1v) is 9.92. The number of hydrogen-bond donors (Lipinski definition) is 1. The molecule has 10 heteroatoms. The number of hydrogen-bond acceptors (Lipinski definition) is 5. The normalized spacial score (nSPS) is 11.9. The van der Waals surface area contributed by atoms with Gasteiger partial charge >= 0.3 is 6.18 Å². The van der Waals surface area contributed by atoms with Crippen molar-refractivity contribution in [2.24, 2.45) is 0 Å². The molecule has 0 radical (unpaired) electrons. The molecule has 3 heterocycles. The zero-order valence-corrected chi connectivity index (χ0v) is 16.3. The van der Waals surface area contributed by atoms with Crippen LogP contribution >= 0.6 is 23.1 Å². The SMILES string of the molecule is Cc1cc(C(=O)CSc2n[nH]c(Cc3cccs3)n2)c(C)n1CC(F)(F)F. The maximum Gasteiger partial charge on any atom is 0.406 e. The summed E-state index contributed by atoms with van der Waals surface area (Å²) in [5.74, 6) is 0.522. The summed E-state index contributed by atoms with van der Waals surface area (Å²) in [5.41, 5.74) is 1.04. The van der Waals surface area contributed by atoms with E-state index in [1.807, 2.05) is 17.5 Å². The second-order valence-corrected chi connectivity index (χ2v) is 7.99. The average Bonchev–Trinajstić information content (AvgIpc) is 3.30. The lowest BCUT2D eigenvalue weighted by atomic mass is 10.2. The zero-order chi connectivity index (χ0) is 19.6. The van der Waals surface area contributed by atoms with E-state index >= 15 is 0 Å². The largest absolute Gasteiger partial charge is 0.406 e. The number of ketones is 1. The second-order valence-electron chi connectivity index (χ2n) is 6.02. The minimum Gasteiger partial charge on any atom is -0.339 e. The summed E-state index contributed by atoms with van der Waals surface area (Å²) in [4.78, 5) is 17.9. The molecule has 0 aromatic carbocycles. The third-order valence-electron chi connectivity index (χ3n) is 3.98. The van der Waals surface area contributed by atoms with Gasteiger partial charge in [0.05, 0.1) is 5.75 Å². The van der Waals surface area contributed by atoms with Crippen LogP contribution in [0.1, 0.15) is 32.4 Å². The molecule has 144 valence electrons. The van der Waals surface area contributed by atoms with Crippen LogP contribution in [0.15, 0.2) is 28.7 Å². The van der Waals surface area contributed by atoms with Crippen molar-refractivity contribution in [3.63, 3.8) is 0 Å². The third-order valence-corrected chi connectivity index (χ3v) is 5.70. The maximum absolute atomic E-state index is 12.7. The predicted octanol–water partition coefficient (Wildman–Crippen LogP) is 4.41. The Bertz CT molecular complexity index is 929. The number of H-pyrrole nitrogens is 1. The molecular weight excluding hydrogens is 397 g/mol. The van der Waals surface area contributed by atoms with Crippen molar-refractivity contribution >= 4 is 28.9 Å². The number of aromatic amines is 1. The van der Waals surface area contributed by atoms with Gasteiger partial charge < -0.3 is 4.57 Å². The molecule has 0 aliphatic rings. The van der Waals surface area contributed by atoms with Gasteiger partial charge in [0, 0.05) is 28.2 Å². The van der Waals surface area contributed by atoms with E-state index in [9.17, 15) is 18.0 Å². The monoisotopic (exact) mass is 414 g/mol. The van der Waals surface area contributed by atoms with Crippen LogP contribution in [0.4, 0.5) is 13.2 Å². The van der Waals surface area contributed by atoms with E-state index in [2.05, 4.69) is 15.2 Å². The summed E-state index contributed by atoms with van der Waals surface area (Å²) in [6, 6.07) is 5.46. The first kappa shape index (κ1) is 19.7. The van der Waals surface area contributed by atoms with E-state index in [-0.39, 0.29) is 11.5 Å². The number of carbonyl (C=O) groups is 1. The fraction of sp³-hybridized carbons (Fsp3) is 0.353. The number of carbonyl (C=O) groups excluding carboxylic acids is 1. The fourth-order valence-corrected chi connectivity index (χ4v) is 4.12. The van der Waals surface area contributed by atoms with E-state index in [1.165, 1.54) is 13.0 Å². The van der Waals surface area contributed by atoms with Gasteiger partial charge in [-0.2, -0.15) is 13.2 Å². The molecule has 3 aromatic heterocycles. The quantitative estimate of drug-likeness (QED) is 0.459. The highest BCUT2D eigenvalue weighted by Gasteiger charge is 2.30. The number of aryl methyl sites for hydroxylation is 1. The summed E-state index contributed by atoms with van der Waals surface area (Å²) in [5, 5.41) is 9.35. The number of Topliss-reactive ketones (excluding diaryl/α,β-unsaturated/α-hetero) is 1. The summed E-state index contributed by atoms with van der Waals surface area (Å²) in [7, 11) is 0. The third kappa shape index (κ3) is 5.01. The summed E-state index contributed by atoms with van der Waals surface area (Å²) >= 11 is 2.78. The Balaban J connectivity index is 1.63. The lowest BCUT2D eigenvalue weighted by Gasteiger charge is -2.12. The molecule has 0 bridgehead atoms. The van der Waals surface area contributed by atoms with Gasteiger partial charge in [0.25, 0.3) is 0 Å². The van der Waals surface area contributed by atoms with Crippen LogP contribution in [-0.4, -0.2) is 37.5 Å². The molecule has 0 unspecified atom stereocenters. The number of thioether (sulfide) groups is 1. The standard InChI is InChI=1S/C17H17F3N4OS2/c1-10-6-13(11(2)24(10)9-17(18,19)20)14(25)8-27-16-21-15(22-23-16)7-12-4-3-5-26-12/h3-6H,7-9H2,1-2H3,(H,21,22,23). The zero-order valence-electron chi connectivity index (χ0n) is 14.6. The molecule has 5 nitrogen and oxygen atoms in total. The molecule has 1 N–H and O–H groups in total. The Hall–Kier alpha value is -2.07. The lowest BCUT2D eigenvalue weighted by molar-refractivity contribution is -0.141. The van der Waals surface area contributed by atoms with Crippen molar-refractivity contribution in [3.8, 4) is 0 Å². The molecule has 0 amide bonds. The average molecular weight is 414 g/mol. The van der Waals surface area contributed by atoms with Gasteiger partial charge in [0.2, 0.25) is 5.16 Å². The first-order valence-electron chi connectivity index (χ1n) is 8.06. The predicted molar refractivity (Wildman–Crippen MR) is 98.5 cm³/mol. The van der Waals surface area contributed by atoms with Crippen LogP contribution in [-0.2, 0) is 13.0 Å². The van der Waals surface area contributed by atoms with Crippen LogP contribution in [0, 0.1) is 13.8 Å². The molecule has 0 aliphatic carbocycles. The van der Waals surface area contributed by atoms with Crippen molar-refractivity contribution in [1.29, 1.82) is 0 Å². The molecular formula is C17H17F3N4OS2. The van der Waals surface area contributed by atoms with E-state index < -0.39 is 12.7 Å². The topological polar surface area (TPSA) is 63.6 Å². The molecule has 0 saturated carbocycles. The number of alkyl halides is 3. The van der Waals surface area contributed by atoms with Crippen molar-refractivity contribution in [2.45, 2.75) is 38.1 Å². The summed E-state index contributed by atoms with van der Waals surface area (Å²) < 4.78 is 39.2. The highest BCUT2D eigenvalue weighted by atomic mass is 32.2. The Kier molecular flexibility index (Phi) is 5.75. The number of nitrogens with zero attached hydrogens (tertiary/aromatic N) is 3. The Morgan fingerprint density at radius 2 is 2.15 bits per heavy atom. The summed E-state index contributed by atoms with van der Waals surface area (Å²) in [6.07, 6.45) is -3.70. The van der Waals surface area contributed by atoms with Gasteiger partial charge in [-0.15, -0.1) is 16.4 Å². The van der Waals surface area contributed by atoms with Crippen molar-refractivity contribution in [2.75, 3.05) is 5.75 Å². The maximum atomic E-state index is 12.7. The molecule has 0 fully saturated rings. The molecule has 27 heavy (non-hydrogen) atoms. The van der Waals surface area contributed by atoms with Crippen molar-refractivity contribution in [1.82, 2.24) is 19.7 Å². The van der Waals surface area contributed by atoms with Gasteiger partial charge in [-0.25, -0.2) is 4.98 Å². The minimum absolute atomic E-state index is 0.0621. The molecule has 0 atom stereocenters. The van der Waals surface area contributed by atoms with Gasteiger partial charge in [-0.3, -0.25) is 9.89 Å². The molecule has 3 aromatic rings. The van der Waals surface area contributed by atoms with Crippen molar-refractivity contribution in [3.05, 3.63) is 51.2 Å². The lowest BCUT2D eigenvalue weighted by Crippen LogP contribution is -2.19. The minimum atomic E-state index is -4.33. The van der Waals surface area contributed by atoms with Crippen LogP contribution in [0.3, 0.4) is 0 Å². The number of aromatic nitrogens is 4. The molecule has 0 spiro atoms. The van der Waals surface area contributed by atoms with Gasteiger partial charge in [-0.1, -0.05) is 17.8 Å². The van der Waals surface area contributed by atoms with Gasteiger partial charge in [-0.05, 0) is 31.4 Å². The number of thiophene rings is 1. The summed E-state index contributed by atoms with van der Waals surface area (Å²) in [6.45, 7) is 2.00. The highest BCUT2D eigenvalue weighted by Crippen LogP contribution is 2.25. The molecule has 0 aliphatic heterocycles. The Labute approximate surface area is 162 Å². The van der Waals surface area contributed by atoms with Crippen LogP contribution < -0.4 is 0 Å². The number of halogens is 3. The first-order chi connectivity index (χ1) is 12.7. The van der Waals surface area contributed by atoms with E-state index in [0.717, 1.165) is 21.2 Å². The van der Waals surface area contributed by atoms with Crippen LogP contribution in [0.5, 0.6) is 0 Å². The number of nitrogens with one attached hydrogen (secondary N) is 1. The Morgan fingerprint density at radius 1 is 1.37 bits per heavy atom. The van der Waals surface area contributed by atoms with E-state index in [1.54, 1.807) is 18.3 Å². The Morgan fingerprint density at radius 3 is 2.81 bits per heavy atom. The smallest absolute Gasteiger partial charge is 0.339 e. The molecule has 0 saturated heterocycles.